The summed E-state index contributed by atoms with van der Waals surface area (Å²) >= 11 is 1.73. The summed E-state index contributed by atoms with van der Waals surface area (Å²) in [5, 5.41) is 1.10. The first kappa shape index (κ1) is 18.7. The fourth-order valence-electron chi connectivity index (χ4n) is 3.10. The number of amides is 1. The van der Waals surface area contributed by atoms with Crippen molar-refractivity contribution in [1.82, 2.24) is 9.88 Å². The molecule has 1 amide bonds. The lowest BCUT2D eigenvalue weighted by Crippen LogP contribution is -2.50. The van der Waals surface area contributed by atoms with Crippen molar-refractivity contribution in [3.8, 4) is 10.4 Å². The van der Waals surface area contributed by atoms with E-state index in [0.29, 0.717) is 13.1 Å². The van der Waals surface area contributed by atoms with Gasteiger partial charge in [0.05, 0.1) is 15.6 Å². The number of carbonyl (C=O) groups excluding carboxylic acids is 1. The zero-order valence-corrected chi connectivity index (χ0v) is 17.0. The van der Waals surface area contributed by atoms with E-state index < -0.39 is 5.60 Å². The van der Waals surface area contributed by atoms with Crippen LogP contribution in [0.1, 0.15) is 31.5 Å². The van der Waals surface area contributed by atoms with Crippen LogP contribution in [0.2, 0.25) is 0 Å². The molecule has 2 aromatic rings. The second-order valence-corrected chi connectivity index (χ2v) is 8.85. The Hall–Kier alpha value is -2.08. The lowest BCUT2D eigenvalue weighted by molar-refractivity contribution is 0.0240. The molecule has 2 heterocycles. The highest BCUT2D eigenvalue weighted by atomic mass is 32.1. The van der Waals surface area contributed by atoms with Gasteiger partial charge in [-0.25, -0.2) is 9.78 Å². The zero-order chi connectivity index (χ0) is 18.9. The Morgan fingerprint density at radius 3 is 2.19 bits per heavy atom. The highest BCUT2D eigenvalue weighted by Gasteiger charge is 2.25. The molecule has 0 saturated carbocycles. The van der Waals surface area contributed by atoms with E-state index in [0.717, 1.165) is 23.8 Å². The van der Waals surface area contributed by atoms with Crippen molar-refractivity contribution in [3.63, 3.8) is 0 Å². The summed E-state index contributed by atoms with van der Waals surface area (Å²) in [5.74, 6) is 0. The number of aromatic nitrogens is 1. The highest BCUT2D eigenvalue weighted by Crippen LogP contribution is 2.31. The molecule has 1 aliphatic heterocycles. The molecule has 26 heavy (non-hydrogen) atoms. The molecule has 0 N–H and O–H groups in total. The SMILES string of the molecule is Cc1nc(C)c(-c2ccc(N3CCN(C(=O)OC(C)(C)C)CC3)cc2)s1. The van der Waals surface area contributed by atoms with E-state index in [-0.39, 0.29) is 6.09 Å². The van der Waals surface area contributed by atoms with E-state index in [1.165, 1.54) is 16.1 Å². The summed E-state index contributed by atoms with van der Waals surface area (Å²) in [6.45, 7) is 12.8. The van der Waals surface area contributed by atoms with Gasteiger partial charge in [-0.15, -0.1) is 11.3 Å². The molecule has 0 spiro atoms. The summed E-state index contributed by atoms with van der Waals surface area (Å²) in [6, 6.07) is 8.64. The number of aryl methyl sites for hydroxylation is 2. The van der Waals surface area contributed by atoms with Gasteiger partial charge in [0.25, 0.3) is 0 Å². The van der Waals surface area contributed by atoms with Crippen molar-refractivity contribution < 1.29 is 9.53 Å². The van der Waals surface area contributed by atoms with Crippen LogP contribution in [0.3, 0.4) is 0 Å². The molecule has 1 aromatic heterocycles. The third-order valence-electron chi connectivity index (χ3n) is 4.33. The number of nitrogens with zero attached hydrogens (tertiary/aromatic N) is 3. The molecule has 0 atom stereocenters. The van der Waals surface area contributed by atoms with Crippen molar-refractivity contribution >= 4 is 23.1 Å². The number of hydrogen-bond donors (Lipinski definition) is 0. The number of hydrogen-bond acceptors (Lipinski definition) is 5. The average Bonchev–Trinajstić information content (AvgIpc) is 2.92. The molecule has 1 aliphatic rings. The second-order valence-electron chi connectivity index (χ2n) is 7.65. The van der Waals surface area contributed by atoms with E-state index >= 15 is 0 Å². The van der Waals surface area contributed by atoms with Crippen molar-refractivity contribution in [3.05, 3.63) is 35.0 Å². The molecule has 0 radical (unpaired) electrons. The summed E-state index contributed by atoms with van der Waals surface area (Å²) in [4.78, 5) is 22.0. The molecule has 0 bridgehead atoms. The van der Waals surface area contributed by atoms with Gasteiger partial charge in [-0.1, -0.05) is 12.1 Å². The van der Waals surface area contributed by atoms with Crippen LogP contribution in [0.5, 0.6) is 0 Å². The maximum Gasteiger partial charge on any atom is 0.410 e. The Morgan fingerprint density at radius 2 is 1.69 bits per heavy atom. The van der Waals surface area contributed by atoms with Crippen molar-refractivity contribution in [1.29, 1.82) is 0 Å². The van der Waals surface area contributed by atoms with Gasteiger partial charge < -0.3 is 14.5 Å². The number of benzene rings is 1. The minimum absolute atomic E-state index is 0.219. The van der Waals surface area contributed by atoms with Gasteiger partial charge in [0.2, 0.25) is 0 Å². The largest absolute Gasteiger partial charge is 0.444 e. The summed E-state index contributed by atoms with van der Waals surface area (Å²) in [5.41, 5.74) is 3.05. The molecule has 1 aromatic carbocycles. The van der Waals surface area contributed by atoms with E-state index in [4.69, 9.17) is 4.74 Å². The monoisotopic (exact) mass is 373 g/mol. The lowest BCUT2D eigenvalue weighted by atomic mass is 10.1. The van der Waals surface area contributed by atoms with Crippen LogP contribution in [0.25, 0.3) is 10.4 Å². The van der Waals surface area contributed by atoms with Crippen molar-refractivity contribution in [2.24, 2.45) is 0 Å². The number of ether oxygens (including phenoxy) is 1. The fourth-order valence-corrected chi connectivity index (χ4v) is 4.02. The third-order valence-corrected chi connectivity index (χ3v) is 5.45. The van der Waals surface area contributed by atoms with Crippen LogP contribution in [0, 0.1) is 13.8 Å². The van der Waals surface area contributed by atoms with Gasteiger partial charge >= 0.3 is 6.09 Å². The van der Waals surface area contributed by atoms with Crippen LogP contribution < -0.4 is 4.90 Å². The Balaban J connectivity index is 1.61. The predicted molar refractivity (Wildman–Crippen MR) is 107 cm³/mol. The van der Waals surface area contributed by atoms with Crippen molar-refractivity contribution in [2.45, 2.75) is 40.2 Å². The van der Waals surface area contributed by atoms with Gasteiger partial charge in [0.1, 0.15) is 5.60 Å². The van der Waals surface area contributed by atoms with E-state index in [9.17, 15) is 4.79 Å². The normalized spacial score (nSPS) is 15.3. The van der Waals surface area contributed by atoms with Gasteiger partial charge in [-0.2, -0.15) is 0 Å². The standard InChI is InChI=1S/C20H27N3O2S/c1-14-18(26-15(2)21-14)16-6-8-17(9-7-16)22-10-12-23(13-11-22)19(24)25-20(3,4)5/h6-9H,10-13H2,1-5H3. The van der Waals surface area contributed by atoms with E-state index in [2.05, 4.69) is 41.1 Å². The molecule has 5 nitrogen and oxygen atoms in total. The first-order valence-corrected chi connectivity index (χ1v) is 9.82. The van der Waals surface area contributed by atoms with Crippen LogP contribution in [0.15, 0.2) is 24.3 Å². The molecular weight excluding hydrogens is 346 g/mol. The molecule has 140 valence electrons. The quantitative estimate of drug-likeness (QED) is 0.778. The number of carbonyl (C=O) groups is 1. The van der Waals surface area contributed by atoms with Crippen LogP contribution in [-0.4, -0.2) is 47.8 Å². The molecule has 6 heteroatoms. The Kier molecular flexibility index (Phi) is 5.23. The van der Waals surface area contributed by atoms with Crippen molar-refractivity contribution in [2.75, 3.05) is 31.1 Å². The predicted octanol–water partition coefficient (Wildman–Crippen LogP) is 4.48. The Labute approximate surface area is 159 Å². The molecule has 0 aliphatic carbocycles. The van der Waals surface area contributed by atoms with Gasteiger partial charge in [0, 0.05) is 31.9 Å². The fraction of sp³-hybridized carbons (Fsp3) is 0.500. The van der Waals surface area contributed by atoms with Crippen LogP contribution in [0.4, 0.5) is 10.5 Å². The average molecular weight is 374 g/mol. The summed E-state index contributed by atoms with van der Waals surface area (Å²) in [6.07, 6.45) is -0.219. The highest BCUT2D eigenvalue weighted by molar-refractivity contribution is 7.15. The molecular formula is C20H27N3O2S. The lowest BCUT2D eigenvalue weighted by Gasteiger charge is -2.36. The smallest absolute Gasteiger partial charge is 0.410 e. The molecule has 1 fully saturated rings. The third kappa shape index (κ3) is 4.36. The number of rotatable bonds is 2. The van der Waals surface area contributed by atoms with Crippen LogP contribution in [-0.2, 0) is 4.74 Å². The Bertz CT molecular complexity index is 769. The first-order valence-electron chi connectivity index (χ1n) is 9.00. The minimum Gasteiger partial charge on any atom is -0.444 e. The zero-order valence-electron chi connectivity index (χ0n) is 16.2. The van der Waals surface area contributed by atoms with Crippen LogP contribution >= 0.6 is 11.3 Å². The van der Waals surface area contributed by atoms with E-state index in [1.807, 2.05) is 27.7 Å². The maximum atomic E-state index is 12.2. The topological polar surface area (TPSA) is 45.7 Å². The van der Waals surface area contributed by atoms with E-state index in [1.54, 1.807) is 16.2 Å². The molecule has 3 rings (SSSR count). The maximum absolute atomic E-state index is 12.2. The number of piperazine rings is 1. The number of thiazole rings is 1. The summed E-state index contributed by atoms with van der Waals surface area (Å²) in [7, 11) is 0. The van der Waals surface area contributed by atoms with Gasteiger partial charge in [0.15, 0.2) is 0 Å². The Morgan fingerprint density at radius 1 is 1.08 bits per heavy atom. The van der Waals surface area contributed by atoms with Gasteiger partial charge in [-0.05, 0) is 52.3 Å². The second kappa shape index (κ2) is 7.27. The van der Waals surface area contributed by atoms with Gasteiger partial charge in [-0.3, -0.25) is 0 Å². The molecule has 0 unspecified atom stereocenters. The number of anilines is 1. The minimum atomic E-state index is -0.447. The summed E-state index contributed by atoms with van der Waals surface area (Å²) < 4.78 is 5.46. The first-order chi connectivity index (χ1) is 12.2. The molecule has 1 saturated heterocycles.